The number of hydrogen-bond acceptors (Lipinski definition) is 6. The number of nitrogens with zero attached hydrogens (tertiary/aromatic N) is 5. The highest BCUT2D eigenvalue weighted by Crippen LogP contribution is 2.10. The van der Waals surface area contributed by atoms with Gasteiger partial charge in [-0.3, -0.25) is 4.79 Å². The van der Waals surface area contributed by atoms with Gasteiger partial charge in [0.2, 0.25) is 5.91 Å². The number of amides is 1. The average Bonchev–Trinajstić information content (AvgIpc) is 3.21. The summed E-state index contributed by atoms with van der Waals surface area (Å²) in [6, 6.07) is 9.21. The van der Waals surface area contributed by atoms with Gasteiger partial charge in [-0.05, 0) is 19.1 Å². The van der Waals surface area contributed by atoms with E-state index in [1.165, 1.54) is 21.0 Å². The second-order valence-corrected chi connectivity index (χ2v) is 6.28. The van der Waals surface area contributed by atoms with Crippen molar-refractivity contribution in [1.82, 2.24) is 35.1 Å². The van der Waals surface area contributed by atoms with Crippen molar-refractivity contribution in [2.75, 3.05) is 12.3 Å². The third kappa shape index (κ3) is 4.15. The molecule has 0 aliphatic rings. The zero-order chi connectivity index (χ0) is 17.6. The van der Waals surface area contributed by atoms with Crippen molar-refractivity contribution in [3.05, 3.63) is 52.8 Å². The van der Waals surface area contributed by atoms with E-state index in [-0.39, 0.29) is 18.1 Å². The molecule has 25 heavy (non-hydrogen) atoms. The number of carbonyl (C=O) groups excluding carboxylic acids is 1. The molecule has 2 aromatic heterocycles. The Morgan fingerprint density at radius 1 is 1.32 bits per heavy atom. The maximum absolute atomic E-state index is 12.5. The summed E-state index contributed by atoms with van der Waals surface area (Å²) >= 11 is 1.47. The highest BCUT2D eigenvalue weighted by Gasteiger charge is 2.13. The lowest BCUT2D eigenvalue weighted by Gasteiger charge is -2.04. The molecule has 0 bridgehead atoms. The van der Waals surface area contributed by atoms with Gasteiger partial charge in [-0.15, -0.1) is 16.9 Å². The van der Waals surface area contributed by atoms with Crippen molar-refractivity contribution in [2.45, 2.75) is 18.5 Å². The van der Waals surface area contributed by atoms with E-state index in [1.54, 1.807) is 13.1 Å². The Kier molecular flexibility index (Phi) is 5.29. The standard InChI is InChI=1S/C15H17N7O2S/c1-11-19-21(15(24)22(11)12-5-3-2-4-6-12)10-13(23)16-7-8-25-14-9-17-20-18-14/h2-6,9H,7-8,10H2,1H3,(H,16,23)(H,17,18,20). The molecule has 0 radical (unpaired) electrons. The molecule has 1 amide bonds. The number of H-pyrrole nitrogens is 1. The summed E-state index contributed by atoms with van der Waals surface area (Å²) in [5.74, 6) is 0.927. The van der Waals surface area contributed by atoms with Crippen LogP contribution in [0.4, 0.5) is 0 Å². The molecule has 0 unspecified atom stereocenters. The number of para-hydroxylation sites is 1. The molecule has 10 heteroatoms. The van der Waals surface area contributed by atoms with Gasteiger partial charge in [-0.2, -0.15) is 15.4 Å². The summed E-state index contributed by atoms with van der Waals surface area (Å²) < 4.78 is 2.65. The number of aryl methyl sites for hydroxylation is 1. The molecule has 3 rings (SSSR count). The molecule has 0 fully saturated rings. The molecule has 0 saturated heterocycles. The van der Waals surface area contributed by atoms with Crippen molar-refractivity contribution in [2.24, 2.45) is 0 Å². The molecule has 2 heterocycles. The van der Waals surface area contributed by atoms with E-state index in [9.17, 15) is 9.59 Å². The Hall–Kier alpha value is -2.88. The molecule has 0 aliphatic carbocycles. The maximum atomic E-state index is 12.5. The summed E-state index contributed by atoms with van der Waals surface area (Å²) in [6.45, 7) is 2.08. The van der Waals surface area contributed by atoms with Gasteiger partial charge in [0.1, 0.15) is 17.4 Å². The van der Waals surface area contributed by atoms with Crippen LogP contribution in [0.15, 0.2) is 46.3 Å². The van der Waals surface area contributed by atoms with Crippen LogP contribution in [0.25, 0.3) is 5.69 Å². The number of nitrogens with one attached hydrogen (secondary N) is 2. The van der Waals surface area contributed by atoms with Crippen LogP contribution in [0.5, 0.6) is 0 Å². The number of carbonyl (C=O) groups is 1. The van der Waals surface area contributed by atoms with Crippen LogP contribution < -0.4 is 11.0 Å². The first-order valence-corrected chi connectivity index (χ1v) is 8.61. The first-order valence-electron chi connectivity index (χ1n) is 7.62. The number of rotatable bonds is 7. The number of aromatic amines is 1. The number of hydrogen-bond donors (Lipinski definition) is 2. The van der Waals surface area contributed by atoms with E-state index in [0.29, 0.717) is 18.1 Å². The minimum absolute atomic E-state index is 0.117. The Morgan fingerprint density at radius 2 is 2.12 bits per heavy atom. The van der Waals surface area contributed by atoms with Gasteiger partial charge in [0.15, 0.2) is 0 Å². The lowest BCUT2D eigenvalue weighted by molar-refractivity contribution is -0.121. The van der Waals surface area contributed by atoms with Crippen molar-refractivity contribution >= 4 is 17.7 Å². The van der Waals surface area contributed by atoms with E-state index in [4.69, 9.17) is 0 Å². The fourth-order valence-electron chi connectivity index (χ4n) is 2.29. The second kappa shape index (κ2) is 7.79. The van der Waals surface area contributed by atoms with Gasteiger partial charge >= 0.3 is 5.69 Å². The van der Waals surface area contributed by atoms with Crippen LogP contribution >= 0.6 is 11.8 Å². The Bertz CT molecular complexity index is 887. The fourth-order valence-corrected chi connectivity index (χ4v) is 2.94. The molecule has 0 aliphatic heterocycles. The molecule has 0 spiro atoms. The van der Waals surface area contributed by atoms with Gasteiger partial charge in [0.05, 0.1) is 11.9 Å². The van der Waals surface area contributed by atoms with Crippen LogP contribution in [0, 0.1) is 6.92 Å². The smallest absolute Gasteiger partial charge is 0.351 e. The number of thioether (sulfide) groups is 1. The average molecular weight is 359 g/mol. The Morgan fingerprint density at radius 3 is 2.84 bits per heavy atom. The summed E-state index contributed by atoms with van der Waals surface area (Å²) in [5.41, 5.74) is 0.386. The van der Waals surface area contributed by atoms with Crippen LogP contribution in [-0.2, 0) is 11.3 Å². The van der Waals surface area contributed by atoms with Gasteiger partial charge in [0.25, 0.3) is 0 Å². The summed E-state index contributed by atoms with van der Waals surface area (Å²) in [7, 11) is 0. The highest BCUT2D eigenvalue weighted by molar-refractivity contribution is 7.99. The molecule has 130 valence electrons. The molecular weight excluding hydrogens is 342 g/mol. The first kappa shape index (κ1) is 17.0. The van der Waals surface area contributed by atoms with E-state index in [1.807, 2.05) is 30.3 Å². The second-order valence-electron chi connectivity index (χ2n) is 5.17. The van der Waals surface area contributed by atoms with Crippen LogP contribution in [0.1, 0.15) is 5.82 Å². The Labute approximate surface area is 147 Å². The predicted molar refractivity (Wildman–Crippen MR) is 92.7 cm³/mol. The molecule has 9 nitrogen and oxygen atoms in total. The maximum Gasteiger partial charge on any atom is 0.351 e. The predicted octanol–water partition coefficient (Wildman–Crippen LogP) is 0.369. The highest BCUT2D eigenvalue weighted by atomic mass is 32.2. The van der Waals surface area contributed by atoms with E-state index >= 15 is 0 Å². The minimum Gasteiger partial charge on any atom is -0.354 e. The minimum atomic E-state index is -0.337. The number of aromatic nitrogens is 6. The van der Waals surface area contributed by atoms with Crippen molar-refractivity contribution in [3.8, 4) is 5.69 Å². The van der Waals surface area contributed by atoms with Crippen LogP contribution in [0.2, 0.25) is 0 Å². The molecule has 3 aromatic rings. The summed E-state index contributed by atoms with van der Waals surface area (Å²) in [5, 5.41) is 17.8. The van der Waals surface area contributed by atoms with Crippen LogP contribution in [-0.4, -0.2) is 48.0 Å². The quantitative estimate of drug-likeness (QED) is 0.466. The largest absolute Gasteiger partial charge is 0.354 e. The zero-order valence-electron chi connectivity index (χ0n) is 13.5. The van der Waals surface area contributed by atoms with Gasteiger partial charge in [-0.25, -0.2) is 14.0 Å². The molecule has 0 atom stereocenters. The third-order valence-electron chi connectivity index (χ3n) is 3.38. The Balaban J connectivity index is 1.57. The SMILES string of the molecule is Cc1nn(CC(=O)NCCSc2cn[nH]n2)c(=O)n1-c1ccccc1. The number of benzene rings is 1. The van der Waals surface area contributed by atoms with Gasteiger partial charge in [-0.1, -0.05) is 18.2 Å². The van der Waals surface area contributed by atoms with Gasteiger partial charge in [0, 0.05) is 12.3 Å². The van der Waals surface area contributed by atoms with Crippen LogP contribution in [0.3, 0.4) is 0 Å². The van der Waals surface area contributed by atoms with E-state index in [0.717, 1.165) is 10.7 Å². The molecule has 1 aromatic carbocycles. The molecule has 2 N–H and O–H groups in total. The zero-order valence-corrected chi connectivity index (χ0v) is 14.4. The third-order valence-corrected chi connectivity index (χ3v) is 4.28. The molecular formula is C15H17N7O2S. The topological polar surface area (TPSA) is 110 Å². The summed E-state index contributed by atoms with van der Waals surface area (Å²) in [6.07, 6.45) is 1.62. The van der Waals surface area contributed by atoms with Crippen molar-refractivity contribution in [1.29, 1.82) is 0 Å². The monoisotopic (exact) mass is 359 g/mol. The normalized spacial score (nSPS) is 10.8. The lowest BCUT2D eigenvalue weighted by Crippen LogP contribution is -2.34. The summed E-state index contributed by atoms with van der Waals surface area (Å²) in [4.78, 5) is 24.5. The van der Waals surface area contributed by atoms with Crippen molar-refractivity contribution in [3.63, 3.8) is 0 Å². The lowest BCUT2D eigenvalue weighted by atomic mass is 10.3. The first-order chi connectivity index (χ1) is 12.1. The van der Waals surface area contributed by atoms with Gasteiger partial charge < -0.3 is 5.32 Å². The van der Waals surface area contributed by atoms with E-state index in [2.05, 4.69) is 25.8 Å². The fraction of sp³-hybridized carbons (Fsp3) is 0.267. The van der Waals surface area contributed by atoms with E-state index < -0.39 is 0 Å². The molecule has 0 saturated carbocycles. The van der Waals surface area contributed by atoms with Crippen molar-refractivity contribution < 1.29 is 4.79 Å².